The van der Waals surface area contributed by atoms with Crippen LogP contribution in [0.1, 0.15) is 31.5 Å². The Bertz CT molecular complexity index is 718. The number of aromatic nitrogens is 2. The van der Waals surface area contributed by atoms with Crippen molar-refractivity contribution in [3.05, 3.63) is 35.7 Å². The third kappa shape index (κ3) is 7.28. The first-order valence-corrected chi connectivity index (χ1v) is 9.02. The number of methoxy groups -OCH3 is 1. The van der Waals surface area contributed by atoms with Crippen LogP contribution in [-0.2, 0) is 6.42 Å². The zero-order chi connectivity index (χ0) is 18.8. The van der Waals surface area contributed by atoms with Crippen LogP contribution in [0.5, 0.6) is 11.5 Å². The van der Waals surface area contributed by atoms with Crippen LogP contribution in [0.3, 0.4) is 0 Å². The summed E-state index contributed by atoms with van der Waals surface area (Å²) in [5.41, 5.74) is 3.27. The van der Waals surface area contributed by atoms with Gasteiger partial charge < -0.3 is 20.1 Å². The van der Waals surface area contributed by atoms with Gasteiger partial charge in [0.15, 0.2) is 17.5 Å². The molecule has 3 N–H and O–H groups in total. The summed E-state index contributed by atoms with van der Waals surface area (Å²) < 4.78 is 11.0. The second-order valence-corrected chi connectivity index (χ2v) is 5.81. The first-order chi connectivity index (χ1) is 12.7. The predicted molar refractivity (Wildman–Crippen MR) is 121 cm³/mol. The number of halogens is 1. The molecule has 0 saturated carbocycles. The van der Waals surface area contributed by atoms with E-state index in [1.54, 1.807) is 7.11 Å². The highest BCUT2D eigenvalue weighted by Gasteiger charge is 2.07. The predicted octanol–water partition coefficient (Wildman–Crippen LogP) is 3.75. The van der Waals surface area contributed by atoms with Crippen molar-refractivity contribution in [2.24, 2.45) is 4.99 Å². The van der Waals surface area contributed by atoms with Crippen LogP contribution in [-0.4, -0.2) is 43.0 Å². The van der Waals surface area contributed by atoms with Crippen molar-refractivity contribution >= 4 is 35.6 Å². The van der Waals surface area contributed by atoms with Crippen molar-refractivity contribution in [3.8, 4) is 11.5 Å². The van der Waals surface area contributed by atoms with E-state index in [4.69, 9.17) is 9.47 Å². The number of ether oxygens (including phenoxy) is 2. The lowest BCUT2D eigenvalue weighted by Gasteiger charge is -2.14. The van der Waals surface area contributed by atoms with E-state index in [-0.39, 0.29) is 24.0 Å². The summed E-state index contributed by atoms with van der Waals surface area (Å²) in [6, 6.07) is 5.76. The number of hydrogen-bond donors (Lipinski definition) is 3. The zero-order valence-electron chi connectivity index (χ0n) is 16.5. The number of aryl methyl sites for hydroxylation is 2. The number of rotatable bonds is 9. The molecule has 0 aliphatic heterocycles. The third-order valence-corrected chi connectivity index (χ3v) is 3.88. The van der Waals surface area contributed by atoms with Gasteiger partial charge in [-0.25, -0.2) is 0 Å². The van der Waals surface area contributed by atoms with Gasteiger partial charge in [0, 0.05) is 30.5 Å². The fraction of sp³-hybridized carbons (Fsp3) is 0.474. The summed E-state index contributed by atoms with van der Waals surface area (Å²) in [7, 11) is 1.64. The summed E-state index contributed by atoms with van der Waals surface area (Å²) in [6.45, 7) is 8.15. The van der Waals surface area contributed by atoms with E-state index >= 15 is 0 Å². The molecule has 0 aliphatic rings. The van der Waals surface area contributed by atoms with Gasteiger partial charge in [-0.1, -0.05) is 0 Å². The van der Waals surface area contributed by atoms with Crippen LogP contribution < -0.4 is 20.1 Å². The quantitative estimate of drug-likeness (QED) is 0.217. The van der Waals surface area contributed by atoms with Gasteiger partial charge in [0.2, 0.25) is 0 Å². The van der Waals surface area contributed by atoms with Gasteiger partial charge in [-0.2, -0.15) is 5.10 Å². The molecule has 1 heterocycles. The van der Waals surface area contributed by atoms with Gasteiger partial charge in [0.05, 0.1) is 19.9 Å². The van der Waals surface area contributed by atoms with E-state index in [1.165, 1.54) is 5.56 Å². The standard InChI is InChI=1S/C19H29N5O2.HI/c1-5-20-19(21-11-7-8-15-13-22-24-14(15)3)23-16-9-10-17(25-4)18(12-16)26-6-2;/h9-10,12-13H,5-8,11H2,1-4H3,(H,22,24)(H2,20,21,23);1H. The second kappa shape index (κ2) is 12.4. The van der Waals surface area contributed by atoms with Gasteiger partial charge >= 0.3 is 0 Å². The molecule has 150 valence electrons. The molecule has 27 heavy (non-hydrogen) atoms. The van der Waals surface area contributed by atoms with Gasteiger partial charge in [0.25, 0.3) is 0 Å². The van der Waals surface area contributed by atoms with Crippen molar-refractivity contribution < 1.29 is 9.47 Å². The molecule has 0 saturated heterocycles. The van der Waals surface area contributed by atoms with E-state index < -0.39 is 0 Å². The van der Waals surface area contributed by atoms with Crippen molar-refractivity contribution in [2.45, 2.75) is 33.6 Å². The number of guanidine groups is 1. The van der Waals surface area contributed by atoms with Crippen LogP contribution in [0.2, 0.25) is 0 Å². The second-order valence-electron chi connectivity index (χ2n) is 5.81. The average Bonchev–Trinajstić information content (AvgIpc) is 3.04. The topological polar surface area (TPSA) is 83.6 Å². The first kappa shape index (κ1) is 23.1. The lowest BCUT2D eigenvalue weighted by Crippen LogP contribution is -2.30. The highest BCUT2D eigenvalue weighted by molar-refractivity contribution is 14.0. The Kier molecular flexibility index (Phi) is 10.6. The fourth-order valence-corrected chi connectivity index (χ4v) is 2.55. The highest BCUT2D eigenvalue weighted by Crippen LogP contribution is 2.30. The molecule has 0 unspecified atom stereocenters. The maximum Gasteiger partial charge on any atom is 0.195 e. The van der Waals surface area contributed by atoms with E-state index in [1.807, 2.05) is 45.2 Å². The summed E-state index contributed by atoms with van der Waals surface area (Å²) in [6.07, 6.45) is 3.81. The molecular weight excluding hydrogens is 457 g/mol. The summed E-state index contributed by atoms with van der Waals surface area (Å²) >= 11 is 0. The van der Waals surface area contributed by atoms with E-state index in [2.05, 4.69) is 25.8 Å². The monoisotopic (exact) mass is 487 g/mol. The molecule has 2 aromatic rings. The van der Waals surface area contributed by atoms with Crippen molar-refractivity contribution in [1.29, 1.82) is 0 Å². The molecule has 0 amide bonds. The first-order valence-electron chi connectivity index (χ1n) is 9.02. The minimum atomic E-state index is 0. The van der Waals surface area contributed by atoms with Crippen LogP contribution in [0.25, 0.3) is 0 Å². The molecule has 7 nitrogen and oxygen atoms in total. The Labute approximate surface area is 178 Å². The highest BCUT2D eigenvalue weighted by atomic mass is 127. The molecule has 0 fully saturated rings. The van der Waals surface area contributed by atoms with E-state index in [0.717, 1.165) is 49.0 Å². The normalized spacial score (nSPS) is 10.9. The van der Waals surface area contributed by atoms with Gasteiger partial charge in [0.1, 0.15) is 0 Å². The number of H-pyrrole nitrogens is 1. The molecule has 8 heteroatoms. The number of hydrogen-bond acceptors (Lipinski definition) is 4. The minimum absolute atomic E-state index is 0. The SMILES string of the molecule is CCNC(=NCCCc1cn[nH]c1C)Nc1ccc(OC)c(OCC)c1.I. The summed E-state index contributed by atoms with van der Waals surface area (Å²) in [5.74, 6) is 2.19. The minimum Gasteiger partial charge on any atom is -0.493 e. The number of nitrogens with one attached hydrogen (secondary N) is 3. The number of aliphatic imine (C=N–C) groups is 1. The summed E-state index contributed by atoms with van der Waals surface area (Å²) in [4.78, 5) is 4.65. The number of aromatic amines is 1. The third-order valence-electron chi connectivity index (χ3n) is 3.88. The maximum absolute atomic E-state index is 5.63. The van der Waals surface area contributed by atoms with Gasteiger partial charge in [-0.05, 0) is 51.3 Å². The van der Waals surface area contributed by atoms with E-state index in [9.17, 15) is 0 Å². The zero-order valence-corrected chi connectivity index (χ0v) is 18.8. The lowest BCUT2D eigenvalue weighted by molar-refractivity contribution is 0.311. The molecule has 0 aliphatic carbocycles. The fourth-order valence-electron chi connectivity index (χ4n) is 2.55. The Hall–Kier alpha value is -1.97. The Balaban J connectivity index is 0.00000364. The smallest absolute Gasteiger partial charge is 0.195 e. The molecular formula is C19H30IN5O2. The number of benzene rings is 1. The van der Waals surface area contributed by atoms with Crippen LogP contribution in [0.15, 0.2) is 29.4 Å². The molecule has 2 rings (SSSR count). The average molecular weight is 487 g/mol. The molecule has 0 atom stereocenters. The van der Waals surface area contributed by atoms with Crippen LogP contribution in [0, 0.1) is 6.92 Å². The van der Waals surface area contributed by atoms with E-state index in [0.29, 0.717) is 12.4 Å². The van der Waals surface area contributed by atoms with Gasteiger partial charge in [-0.3, -0.25) is 10.1 Å². The van der Waals surface area contributed by atoms with Crippen molar-refractivity contribution in [1.82, 2.24) is 15.5 Å². The summed E-state index contributed by atoms with van der Waals surface area (Å²) in [5, 5.41) is 13.6. The maximum atomic E-state index is 5.63. The molecule has 0 radical (unpaired) electrons. The van der Waals surface area contributed by atoms with Crippen LogP contribution in [0.4, 0.5) is 5.69 Å². The molecule has 0 bridgehead atoms. The Morgan fingerprint density at radius 1 is 1.26 bits per heavy atom. The molecule has 1 aromatic carbocycles. The number of anilines is 1. The van der Waals surface area contributed by atoms with Gasteiger partial charge in [-0.15, -0.1) is 24.0 Å². The molecule has 1 aromatic heterocycles. The van der Waals surface area contributed by atoms with Crippen molar-refractivity contribution in [3.63, 3.8) is 0 Å². The lowest BCUT2D eigenvalue weighted by atomic mass is 10.1. The van der Waals surface area contributed by atoms with Crippen LogP contribution >= 0.6 is 24.0 Å². The number of nitrogens with zero attached hydrogens (tertiary/aromatic N) is 2. The molecule has 0 spiro atoms. The Morgan fingerprint density at radius 2 is 2.07 bits per heavy atom. The Morgan fingerprint density at radius 3 is 2.70 bits per heavy atom. The van der Waals surface area contributed by atoms with Crippen molar-refractivity contribution in [2.75, 3.05) is 32.1 Å². The largest absolute Gasteiger partial charge is 0.493 e.